The fourth-order valence-corrected chi connectivity index (χ4v) is 0.883. The lowest BCUT2D eigenvalue weighted by atomic mass is 10.3. The zero-order chi connectivity index (χ0) is 15.1. The maximum Gasteiger partial charge on any atom is 0.261 e. The fourth-order valence-electron chi connectivity index (χ4n) is 0.883. The van der Waals surface area contributed by atoms with E-state index in [1.54, 1.807) is 0 Å². The Morgan fingerprint density at radius 1 is 1.00 bits per heavy atom. The molecule has 0 unspecified atom stereocenters. The van der Waals surface area contributed by atoms with Crippen LogP contribution in [0.1, 0.15) is 0 Å². The largest absolute Gasteiger partial charge is 0.286 e. The maximum atomic E-state index is 9.19. The molecule has 0 bridgehead atoms. The Morgan fingerprint density at radius 3 is 1.84 bits per heavy atom. The normalized spacial score (nSPS) is 10.9. The average molecular weight is 310 g/mol. The van der Waals surface area contributed by atoms with Gasteiger partial charge in [-0.1, -0.05) is 18.2 Å². The van der Waals surface area contributed by atoms with Gasteiger partial charge >= 0.3 is 0 Å². The summed E-state index contributed by atoms with van der Waals surface area (Å²) >= 11 is 0. The van der Waals surface area contributed by atoms with Crippen LogP contribution in [0, 0.1) is 0 Å². The van der Waals surface area contributed by atoms with Crippen molar-refractivity contribution in [3.8, 4) is 0 Å². The van der Waals surface area contributed by atoms with Gasteiger partial charge < -0.3 is 0 Å². The molecule has 0 saturated heterocycles. The van der Waals surface area contributed by atoms with Crippen LogP contribution in [0.2, 0.25) is 0 Å². The number of rotatable bonds is 0. The first-order chi connectivity index (χ1) is 8.47. The van der Waals surface area contributed by atoms with Crippen molar-refractivity contribution < 1.29 is 25.9 Å². The summed E-state index contributed by atoms with van der Waals surface area (Å²) in [6, 6.07) is 8.01. The van der Waals surface area contributed by atoms with E-state index in [4.69, 9.17) is 9.11 Å². The van der Waals surface area contributed by atoms with Gasteiger partial charge in [0.05, 0.1) is 24.2 Å². The third-order valence-electron chi connectivity index (χ3n) is 1.35. The van der Waals surface area contributed by atoms with Gasteiger partial charge in [0, 0.05) is 5.39 Å². The Bertz CT molecular complexity index is 629. The molecule has 0 radical (unpaired) electrons. The van der Waals surface area contributed by atoms with Gasteiger partial charge in [0.2, 0.25) is 0 Å². The highest BCUT2D eigenvalue weighted by atomic mass is 32.2. The van der Waals surface area contributed by atoms with E-state index in [-0.39, 0.29) is 0 Å². The summed E-state index contributed by atoms with van der Waals surface area (Å²) in [5.74, 6) is 0. The fraction of sp³-hybridized carbons (Fsp3) is 0.222. The molecule has 0 saturated carbocycles. The number of nitrogens with zero attached hydrogens (tertiary/aromatic N) is 1. The molecule has 19 heavy (non-hydrogen) atoms. The van der Waals surface area contributed by atoms with E-state index in [0.717, 1.165) is 10.9 Å². The number of para-hydroxylation sites is 1. The Balaban J connectivity index is 0.000000283. The van der Waals surface area contributed by atoms with Gasteiger partial charge in [-0.05, 0) is 6.07 Å². The molecule has 10 heteroatoms. The van der Waals surface area contributed by atoms with E-state index in [9.17, 15) is 16.8 Å². The summed E-state index contributed by atoms with van der Waals surface area (Å²) in [4.78, 5) is 0. The van der Waals surface area contributed by atoms with Crippen molar-refractivity contribution in [3.05, 3.63) is 30.5 Å². The summed E-state index contributed by atoms with van der Waals surface area (Å²) in [6.45, 7) is 0. The minimum atomic E-state index is -3.67. The molecule has 8 nitrogen and oxygen atoms in total. The third kappa shape index (κ3) is 14.4. The Labute approximate surface area is 111 Å². The van der Waals surface area contributed by atoms with E-state index < -0.39 is 20.2 Å². The number of hydrogen-bond donors (Lipinski definition) is 3. The van der Waals surface area contributed by atoms with Crippen LogP contribution in [0.3, 0.4) is 0 Å². The quantitative estimate of drug-likeness (QED) is 0.605. The SMILES string of the molecule is CS(=O)(=O)O.CS(=O)(=O)O.c1ccc2[nH]ncc2c1. The van der Waals surface area contributed by atoms with Crippen molar-refractivity contribution in [2.24, 2.45) is 0 Å². The number of aromatic amines is 1. The monoisotopic (exact) mass is 310 g/mol. The maximum absolute atomic E-state index is 9.19. The van der Waals surface area contributed by atoms with Crippen molar-refractivity contribution >= 4 is 31.1 Å². The van der Waals surface area contributed by atoms with E-state index in [1.807, 2.05) is 30.5 Å². The molecule has 0 atom stereocenters. The molecule has 108 valence electrons. The van der Waals surface area contributed by atoms with Gasteiger partial charge in [0.15, 0.2) is 0 Å². The average Bonchev–Trinajstić information content (AvgIpc) is 2.59. The van der Waals surface area contributed by atoms with Crippen LogP contribution in [0.5, 0.6) is 0 Å². The topological polar surface area (TPSA) is 137 Å². The molecular weight excluding hydrogens is 296 g/mol. The molecule has 1 aromatic carbocycles. The van der Waals surface area contributed by atoms with Crippen molar-refractivity contribution in [3.63, 3.8) is 0 Å². The highest BCUT2D eigenvalue weighted by molar-refractivity contribution is 7.85. The van der Waals surface area contributed by atoms with Crippen molar-refractivity contribution in [1.82, 2.24) is 10.2 Å². The van der Waals surface area contributed by atoms with Gasteiger partial charge in [-0.3, -0.25) is 14.2 Å². The molecule has 0 fully saturated rings. The molecule has 0 spiro atoms. The second-order valence-electron chi connectivity index (χ2n) is 3.42. The summed E-state index contributed by atoms with van der Waals surface area (Å²) in [7, 11) is -7.33. The smallest absolute Gasteiger partial charge is 0.261 e. The van der Waals surface area contributed by atoms with Crippen LogP contribution in [-0.4, -0.2) is 48.6 Å². The lowest BCUT2D eigenvalue weighted by Gasteiger charge is -1.81. The van der Waals surface area contributed by atoms with Crippen LogP contribution < -0.4 is 0 Å². The van der Waals surface area contributed by atoms with Gasteiger partial charge in [-0.15, -0.1) is 0 Å². The molecular formula is C9H14N2O6S2. The zero-order valence-corrected chi connectivity index (χ0v) is 11.8. The van der Waals surface area contributed by atoms with E-state index in [2.05, 4.69) is 10.2 Å². The number of H-pyrrole nitrogens is 1. The lowest BCUT2D eigenvalue weighted by molar-refractivity contribution is 0.488. The first kappa shape index (κ1) is 17.5. The van der Waals surface area contributed by atoms with Gasteiger partial charge in [-0.25, -0.2) is 0 Å². The summed E-state index contributed by atoms with van der Waals surface area (Å²) in [6.07, 6.45) is 3.25. The molecule has 1 aromatic heterocycles. The van der Waals surface area contributed by atoms with Crippen LogP contribution in [0.25, 0.3) is 10.9 Å². The molecule has 0 aliphatic rings. The second kappa shape index (κ2) is 7.19. The van der Waals surface area contributed by atoms with Crippen molar-refractivity contribution in [2.45, 2.75) is 0 Å². The summed E-state index contributed by atoms with van der Waals surface area (Å²) in [5, 5.41) is 7.91. The van der Waals surface area contributed by atoms with Crippen LogP contribution in [0.15, 0.2) is 30.5 Å². The molecule has 3 N–H and O–H groups in total. The predicted molar refractivity (Wildman–Crippen MR) is 71.0 cm³/mol. The van der Waals surface area contributed by atoms with Gasteiger partial charge in [-0.2, -0.15) is 21.9 Å². The second-order valence-corrected chi connectivity index (χ2v) is 6.36. The highest BCUT2D eigenvalue weighted by Crippen LogP contribution is 2.06. The van der Waals surface area contributed by atoms with E-state index >= 15 is 0 Å². The van der Waals surface area contributed by atoms with Crippen LogP contribution in [-0.2, 0) is 20.2 Å². The van der Waals surface area contributed by atoms with Gasteiger partial charge in [0.25, 0.3) is 20.2 Å². The molecule has 0 aliphatic heterocycles. The summed E-state index contributed by atoms with van der Waals surface area (Å²) in [5.41, 5.74) is 1.09. The number of benzene rings is 1. The van der Waals surface area contributed by atoms with E-state index in [0.29, 0.717) is 12.5 Å². The molecule has 1 heterocycles. The predicted octanol–water partition coefficient (Wildman–Crippen LogP) is 0.571. The van der Waals surface area contributed by atoms with Crippen molar-refractivity contribution in [1.29, 1.82) is 0 Å². The molecule has 0 aliphatic carbocycles. The first-order valence-corrected chi connectivity index (χ1v) is 8.39. The lowest BCUT2D eigenvalue weighted by Crippen LogP contribution is -1.88. The summed E-state index contributed by atoms with van der Waals surface area (Å²) < 4.78 is 51.7. The third-order valence-corrected chi connectivity index (χ3v) is 1.35. The molecule has 0 amide bonds. The number of aromatic nitrogens is 2. The van der Waals surface area contributed by atoms with Crippen molar-refractivity contribution in [2.75, 3.05) is 12.5 Å². The Morgan fingerprint density at radius 2 is 1.42 bits per heavy atom. The van der Waals surface area contributed by atoms with E-state index in [1.165, 1.54) is 0 Å². The number of fused-ring (bicyclic) bond motifs is 1. The minimum Gasteiger partial charge on any atom is -0.286 e. The number of hydrogen-bond acceptors (Lipinski definition) is 5. The standard InChI is InChI=1S/C7H6N2.2CH4O3S/c1-2-4-7-6(3-1)5-8-9-7;2*1-5(2,3)4/h1-5H,(H,8,9);2*1H3,(H,2,3,4). The van der Waals surface area contributed by atoms with Crippen LogP contribution >= 0.6 is 0 Å². The zero-order valence-electron chi connectivity index (χ0n) is 10.2. The minimum absolute atomic E-state index is 0.715. The first-order valence-electron chi connectivity index (χ1n) is 4.70. The number of nitrogens with one attached hydrogen (secondary N) is 1. The Kier molecular flexibility index (Phi) is 6.62. The highest BCUT2D eigenvalue weighted by Gasteiger charge is 1.88. The molecule has 2 rings (SSSR count). The van der Waals surface area contributed by atoms with Crippen LogP contribution in [0.4, 0.5) is 0 Å². The van der Waals surface area contributed by atoms with Gasteiger partial charge in [0.1, 0.15) is 0 Å². The Hall–Kier alpha value is -1.49. The molecule has 2 aromatic rings.